The first-order chi connectivity index (χ1) is 10.6. The molecule has 0 unspecified atom stereocenters. The maximum Gasteiger partial charge on any atom is 0.118 e. The summed E-state index contributed by atoms with van der Waals surface area (Å²) in [4.78, 5) is 0. The van der Waals surface area contributed by atoms with E-state index < -0.39 is 0 Å². The Balaban J connectivity index is -0.000000279. The van der Waals surface area contributed by atoms with Crippen molar-refractivity contribution in [2.24, 2.45) is 0 Å². The minimum Gasteiger partial charge on any atom is -0.207 e. The van der Waals surface area contributed by atoms with Crippen LogP contribution in [0.2, 0.25) is 0 Å². The van der Waals surface area contributed by atoms with E-state index in [1.165, 1.54) is 51.0 Å². The van der Waals surface area contributed by atoms with Crippen molar-refractivity contribution in [1.82, 2.24) is 0 Å². The van der Waals surface area contributed by atoms with Crippen molar-refractivity contribution >= 4 is 0 Å². The van der Waals surface area contributed by atoms with Gasteiger partial charge in [-0.1, -0.05) is 85.1 Å². The molecule has 0 aromatic rings. The highest BCUT2D eigenvalue weighted by Crippen LogP contribution is 2.05. The van der Waals surface area contributed by atoms with Gasteiger partial charge in [0.15, 0.2) is 0 Å². The van der Waals surface area contributed by atoms with Crippen LogP contribution in [-0.2, 0) is 0 Å². The maximum absolute atomic E-state index is 12.5. The minimum atomic E-state index is -0.115. The summed E-state index contributed by atoms with van der Waals surface area (Å²) in [5.41, 5.74) is 0. The second kappa shape index (κ2) is 28.2. The Bertz CT molecular complexity index is 262. The number of rotatable bonds is 10. The van der Waals surface area contributed by atoms with Gasteiger partial charge in [-0.25, -0.2) is 4.39 Å². The summed E-state index contributed by atoms with van der Waals surface area (Å²) in [6.07, 6.45) is 22.4. The van der Waals surface area contributed by atoms with Gasteiger partial charge in [0.1, 0.15) is 5.83 Å². The van der Waals surface area contributed by atoms with Crippen LogP contribution < -0.4 is 0 Å². The Morgan fingerprint density at radius 1 is 0.909 bits per heavy atom. The number of hydrogen-bond donors (Lipinski definition) is 0. The lowest BCUT2D eigenvalue weighted by Gasteiger charge is -1.96. The molecule has 0 saturated heterocycles. The Kier molecular flexibility index (Phi) is 33.2. The van der Waals surface area contributed by atoms with Gasteiger partial charge in [-0.05, 0) is 31.9 Å². The molecule has 0 aromatic carbocycles. The molecule has 0 radical (unpaired) electrons. The van der Waals surface area contributed by atoms with Crippen LogP contribution >= 0.6 is 0 Å². The molecule has 0 fully saturated rings. The molecule has 1 heteroatoms. The number of halogens is 1. The average Bonchev–Trinajstić information content (AvgIpc) is 2.49. The van der Waals surface area contributed by atoms with Gasteiger partial charge >= 0.3 is 0 Å². The largest absolute Gasteiger partial charge is 0.207 e. The van der Waals surface area contributed by atoms with E-state index in [-0.39, 0.29) is 5.83 Å². The fraction of sp³-hybridized carbons (Fsp3) is 0.714. The van der Waals surface area contributed by atoms with Crippen LogP contribution in [0.25, 0.3) is 0 Å². The van der Waals surface area contributed by atoms with Crippen LogP contribution in [0.5, 0.6) is 0 Å². The molecule has 0 aliphatic carbocycles. The first-order valence-corrected chi connectivity index (χ1v) is 9.03. The topological polar surface area (TPSA) is 0 Å². The number of allylic oxidation sites excluding steroid dienone is 4. The SMILES string of the molecule is C#CC.CC/C=C(F)\C=C/CCC.CCCCCCCCC. The summed E-state index contributed by atoms with van der Waals surface area (Å²) in [7, 11) is 0. The van der Waals surface area contributed by atoms with Crippen LogP contribution in [-0.4, -0.2) is 0 Å². The minimum absolute atomic E-state index is 0.115. The van der Waals surface area contributed by atoms with Gasteiger partial charge in [0.05, 0.1) is 0 Å². The average molecular weight is 311 g/mol. The predicted octanol–water partition coefficient (Wildman–Crippen LogP) is 8.00. The second-order valence-electron chi connectivity index (χ2n) is 5.24. The smallest absolute Gasteiger partial charge is 0.118 e. The van der Waals surface area contributed by atoms with E-state index in [9.17, 15) is 4.39 Å². The maximum atomic E-state index is 12.5. The molecule has 0 nitrogen and oxygen atoms in total. The van der Waals surface area contributed by atoms with Gasteiger partial charge in [0.25, 0.3) is 0 Å². The predicted molar refractivity (Wildman–Crippen MR) is 102 cm³/mol. The molecular formula is C21H39F. The van der Waals surface area contributed by atoms with Crippen molar-refractivity contribution in [3.8, 4) is 12.3 Å². The summed E-state index contributed by atoms with van der Waals surface area (Å²) in [5.74, 6) is 2.14. The molecule has 0 aliphatic rings. The van der Waals surface area contributed by atoms with Gasteiger partial charge in [-0.2, -0.15) is 0 Å². The van der Waals surface area contributed by atoms with Crippen molar-refractivity contribution in [3.05, 3.63) is 24.1 Å². The van der Waals surface area contributed by atoms with Crippen LogP contribution in [0.4, 0.5) is 4.39 Å². The Labute approximate surface area is 140 Å². The van der Waals surface area contributed by atoms with E-state index in [0.717, 1.165) is 19.3 Å². The lowest BCUT2D eigenvalue weighted by atomic mass is 10.1. The normalized spacial score (nSPS) is 10.3. The van der Waals surface area contributed by atoms with Gasteiger partial charge in [0, 0.05) is 0 Å². The number of hydrogen-bond acceptors (Lipinski definition) is 0. The fourth-order valence-electron chi connectivity index (χ4n) is 1.66. The van der Waals surface area contributed by atoms with Gasteiger partial charge in [0.2, 0.25) is 0 Å². The molecular weight excluding hydrogens is 271 g/mol. The van der Waals surface area contributed by atoms with E-state index in [1.54, 1.807) is 13.0 Å². The molecule has 0 atom stereocenters. The lowest BCUT2D eigenvalue weighted by molar-refractivity contribution is 0.602. The molecule has 130 valence electrons. The zero-order valence-electron chi connectivity index (χ0n) is 15.8. The van der Waals surface area contributed by atoms with Gasteiger partial charge in [-0.15, -0.1) is 12.3 Å². The van der Waals surface area contributed by atoms with E-state index in [2.05, 4.69) is 33.1 Å². The summed E-state index contributed by atoms with van der Waals surface area (Å²) in [5, 5.41) is 0. The molecule has 0 N–H and O–H groups in total. The molecule has 0 aliphatic heterocycles. The van der Waals surface area contributed by atoms with Crippen molar-refractivity contribution in [1.29, 1.82) is 0 Å². The number of terminal acetylenes is 1. The van der Waals surface area contributed by atoms with Crippen molar-refractivity contribution in [2.45, 2.75) is 98.8 Å². The summed E-state index contributed by atoms with van der Waals surface area (Å²) in [6, 6.07) is 0. The zero-order valence-corrected chi connectivity index (χ0v) is 15.8. The third kappa shape index (κ3) is 36.4. The third-order valence-electron chi connectivity index (χ3n) is 2.84. The highest BCUT2D eigenvalue weighted by molar-refractivity contribution is 5.10. The Hall–Kier alpha value is -1.03. The summed E-state index contributed by atoms with van der Waals surface area (Å²) >= 11 is 0. The molecule has 0 saturated carbocycles. The van der Waals surface area contributed by atoms with Crippen LogP contribution in [0.1, 0.15) is 98.8 Å². The Morgan fingerprint density at radius 2 is 1.36 bits per heavy atom. The molecule has 0 bridgehead atoms. The van der Waals surface area contributed by atoms with E-state index in [4.69, 9.17) is 0 Å². The summed E-state index contributed by atoms with van der Waals surface area (Å²) < 4.78 is 12.5. The van der Waals surface area contributed by atoms with E-state index >= 15 is 0 Å². The van der Waals surface area contributed by atoms with Crippen LogP contribution in [0.15, 0.2) is 24.1 Å². The lowest BCUT2D eigenvalue weighted by Crippen LogP contribution is -1.76. The van der Waals surface area contributed by atoms with E-state index in [0.29, 0.717) is 0 Å². The Morgan fingerprint density at radius 3 is 1.73 bits per heavy atom. The first-order valence-electron chi connectivity index (χ1n) is 9.03. The molecule has 0 aromatic heterocycles. The summed E-state index contributed by atoms with van der Waals surface area (Å²) in [6.45, 7) is 10.2. The molecule has 0 spiro atoms. The second-order valence-corrected chi connectivity index (χ2v) is 5.24. The first kappa shape index (κ1) is 25.9. The standard InChI is InChI=1S/C9H15F.C9H20.C3H4/c1-3-5-6-8-9(10)7-4-2;1-3-5-7-9-8-6-4-2;1-3-2/h6-8H,3-5H2,1-2H3;3-9H2,1-2H3;1H,2H3/b8-6-,9-7+;;. The van der Waals surface area contributed by atoms with Crippen molar-refractivity contribution in [2.75, 3.05) is 0 Å². The third-order valence-corrected chi connectivity index (χ3v) is 2.84. The molecule has 0 heterocycles. The van der Waals surface area contributed by atoms with E-state index in [1.807, 2.05) is 13.0 Å². The highest BCUT2D eigenvalue weighted by Gasteiger charge is 1.85. The quantitative estimate of drug-likeness (QED) is 0.218. The number of unbranched alkanes of at least 4 members (excludes halogenated alkanes) is 7. The monoisotopic (exact) mass is 310 g/mol. The van der Waals surface area contributed by atoms with Crippen molar-refractivity contribution < 1.29 is 4.39 Å². The highest BCUT2D eigenvalue weighted by atomic mass is 19.1. The fourth-order valence-corrected chi connectivity index (χ4v) is 1.66. The van der Waals surface area contributed by atoms with Gasteiger partial charge < -0.3 is 0 Å². The molecule has 0 amide bonds. The van der Waals surface area contributed by atoms with Crippen LogP contribution in [0.3, 0.4) is 0 Å². The van der Waals surface area contributed by atoms with Crippen LogP contribution in [0, 0.1) is 12.3 Å². The van der Waals surface area contributed by atoms with Crippen molar-refractivity contribution in [3.63, 3.8) is 0 Å². The zero-order chi connectivity index (χ0) is 17.5. The van der Waals surface area contributed by atoms with Gasteiger partial charge in [-0.3, -0.25) is 0 Å². The molecule has 22 heavy (non-hydrogen) atoms. The molecule has 0 rings (SSSR count).